The van der Waals surface area contributed by atoms with Crippen molar-refractivity contribution in [2.45, 2.75) is 44.4 Å². The highest BCUT2D eigenvalue weighted by molar-refractivity contribution is 8.77. The largest absolute Gasteiger partial charge is 0.471 e. The van der Waals surface area contributed by atoms with Crippen LogP contribution in [0.4, 0.5) is 13.2 Å². The highest BCUT2D eigenvalue weighted by Crippen LogP contribution is 2.35. The van der Waals surface area contributed by atoms with Crippen molar-refractivity contribution in [3.63, 3.8) is 0 Å². The van der Waals surface area contributed by atoms with E-state index < -0.39 is 24.9 Å². The third kappa shape index (κ3) is 11.8. The monoisotopic (exact) mass is 359 g/mol. The molecule has 1 amide bonds. The van der Waals surface area contributed by atoms with Crippen LogP contribution in [0.5, 0.6) is 0 Å². The first kappa shape index (κ1) is 20.5. The molecule has 0 saturated heterocycles. The number of alkyl halides is 3. The molecule has 122 valence electrons. The summed E-state index contributed by atoms with van der Waals surface area (Å²) in [5.41, 5.74) is 3.04. The maximum atomic E-state index is 12.1. The molecule has 0 rings (SSSR count). The van der Waals surface area contributed by atoms with Crippen molar-refractivity contribution in [3.8, 4) is 11.7 Å². The average Bonchev–Trinajstić information content (AvgIpc) is 2.28. The zero-order valence-corrected chi connectivity index (χ0v) is 15.3. The second kappa shape index (κ2) is 8.24. The minimum Gasteiger partial charge on any atom is -0.435 e. The number of ether oxygens (including phenoxy) is 1. The summed E-state index contributed by atoms with van der Waals surface area (Å²) < 4.78 is 40.8. The maximum Gasteiger partial charge on any atom is 0.471 e. The van der Waals surface area contributed by atoms with Crippen molar-refractivity contribution in [1.29, 1.82) is 0 Å². The molecule has 21 heavy (non-hydrogen) atoms. The van der Waals surface area contributed by atoms with E-state index in [1.165, 1.54) is 21.6 Å². The van der Waals surface area contributed by atoms with Crippen LogP contribution in [0, 0.1) is 11.7 Å². The van der Waals surface area contributed by atoms with E-state index in [1.807, 2.05) is 5.32 Å². The predicted octanol–water partition coefficient (Wildman–Crippen LogP) is 3.64. The number of halogens is 3. The van der Waals surface area contributed by atoms with Gasteiger partial charge in [0.05, 0.1) is 0 Å². The van der Waals surface area contributed by atoms with E-state index in [0.29, 0.717) is 5.94 Å². The van der Waals surface area contributed by atoms with Gasteiger partial charge >= 0.3 is 12.1 Å². The van der Waals surface area contributed by atoms with Crippen molar-refractivity contribution < 1.29 is 22.7 Å². The fourth-order valence-electron chi connectivity index (χ4n) is 0.849. The summed E-state index contributed by atoms with van der Waals surface area (Å²) in [6.45, 7) is 9.70. The molecule has 0 spiro atoms. The van der Waals surface area contributed by atoms with Crippen LogP contribution in [0.25, 0.3) is 0 Å². The molecule has 0 saturated carbocycles. The van der Waals surface area contributed by atoms with E-state index in [2.05, 4.69) is 31.3 Å². The number of nitrogens with one attached hydrogen (secondary N) is 1. The summed E-state index contributed by atoms with van der Waals surface area (Å²) in [6, 6.07) is 0. The quantitative estimate of drug-likeness (QED) is 0.258. The van der Waals surface area contributed by atoms with Crippen molar-refractivity contribution in [2.75, 3.05) is 12.5 Å². The Labute approximate surface area is 132 Å². The first-order chi connectivity index (χ1) is 9.33. The number of carbonyl (C=O) groups excluding carboxylic acids is 1. The summed E-state index contributed by atoms with van der Waals surface area (Å²) >= 11 is 0. The number of amides is 1. The second-order valence-corrected chi connectivity index (χ2v) is 13.6. The topological polar surface area (TPSA) is 38.3 Å². The van der Waals surface area contributed by atoms with Crippen LogP contribution < -0.4 is 5.32 Å². The lowest BCUT2D eigenvalue weighted by molar-refractivity contribution is -0.173. The first-order valence-electron chi connectivity index (χ1n) is 6.13. The summed E-state index contributed by atoms with van der Waals surface area (Å²) in [4.78, 5) is 10.7. The molecular formula is C12H20F3NO2S2Si. The lowest BCUT2D eigenvalue weighted by Crippen LogP contribution is -2.42. The highest BCUT2D eigenvalue weighted by atomic mass is 33.1. The average molecular weight is 360 g/mol. The van der Waals surface area contributed by atoms with E-state index in [4.69, 9.17) is 4.74 Å². The van der Waals surface area contributed by atoms with Gasteiger partial charge in [0.2, 0.25) is 0 Å². The molecule has 0 bridgehead atoms. The lowest BCUT2D eigenvalue weighted by atomic mass is 10.2. The van der Waals surface area contributed by atoms with Crippen molar-refractivity contribution >= 4 is 35.6 Å². The summed E-state index contributed by atoms with van der Waals surface area (Å²) in [7, 11) is 1.23. The summed E-state index contributed by atoms with van der Waals surface area (Å²) in [5.74, 6) is -1.60. The molecule has 0 heterocycles. The van der Waals surface area contributed by atoms with Gasteiger partial charge in [-0.1, -0.05) is 46.8 Å². The third-order valence-electron chi connectivity index (χ3n) is 1.82. The minimum atomic E-state index is -4.84. The Balaban J connectivity index is 3.98. The van der Waals surface area contributed by atoms with Gasteiger partial charge in [0.15, 0.2) is 5.94 Å². The Morgan fingerprint density at radius 3 is 2.33 bits per heavy atom. The zero-order chi connectivity index (χ0) is 16.7. The fourth-order valence-corrected chi connectivity index (χ4v) is 3.26. The summed E-state index contributed by atoms with van der Waals surface area (Å²) in [5, 5.41) is 1.87. The van der Waals surface area contributed by atoms with Crippen LogP contribution in [-0.4, -0.2) is 37.4 Å². The predicted molar refractivity (Wildman–Crippen MR) is 85.4 cm³/mol. The molecule has 3 nitrogen and oxygen atoms in total. The SMILES string of the molecule is CC(C)(CNC(=O)C(F)(F)F)SSCOC#C[Si](C)(C)C. The van der Waals surface area contributed by atoms with Gasteiger partial charge in [-0.25, -0.2) is 0 Å². The highest BCUT2D eigenvalue weighted by Gasteiger charge is 2.39. The number of rotatable bonds is 6. The molecule has 0 aromatic rings. The first-order valence-corrected chi connectivity index (χ1v) is 11.9. The van der Waals surface area contributed by atoms with Crippen LogP contribution in [0.2, 0.25) is 19.6 Å². The van der Waals surface area contributed by atoms with Crippen molar-refractivity contribution in [1.82, 2.24) is 5.32 Å². The van der Waals surface area contributed by atoms with Crippen LogP contribution in [0.15, 0.2) is 0 Å². The Morgan fingerprint density at radius 2 is 1.86 bits per heavy atom. The van der Waals surface area contributed by atoms with E-state index in [-0.39, 0.29) is 6.54 Å². The molecular weight excluding hydrogens is 339 g/mol. The van der Waals surface area contributed by atoms with Crippen LogP contribution in [0.1, 0.15) is 13.8 Å². The normalized spacial score (nSPS) is 12.4. The van der Waals surface area contributed by atoms with Crippen LogP contribution in [0.3, 0.4) is 0 Å². The lowest BCUT2D eigenvalue weighted by Gasteiger charge is -2.23. The van der Waals surface area contributed by atoms with Crippen molar-refractivity contribution in [2.24, 2.45) is 0 Å². The van der Waals surface area contributed by atoms with Gasteiger partial charge in [0.1, 0.15) is 14.2 Å². The molecule has 0 unspecified atom stereocenters. The number of hydrogen-bond acceptors (Lipinski definition) is 4. The van der Waals surface area contributed by atoms with Gasteiger partial charge in [-0.2, -0.15) is 13.2 Å². The molecule has 0 aromatic carbocycles. The summed E-state index contributed by atoms with van der Waals surface area (Å²) in [6.07, 6.45) is -2.20. The Kier molecular flexibility index (Phi) is 8.06. The second-order valence-electron chi connectivity index (χ2n) is 5.88. The molecule has 0 radical (unpaired) electrons. The standard InChI is InChI=1S/C12H20F3NO2S2Si/c1-11(2,8-16-10(17)12(13,14)15)20-19-9-18-6-7-21(3,4)5/h8-9H2,1-5H3,(H,16,17). The molecule has 0 atom stereocenters. The molecule has 9 heteroatoms. The van der Waals surface area contributed by atoms with Gasteiger partial charge in [-0.3, -0.25) is 4.79 Å². The number of hydrogen-bond donors (Lipinski definition) is 1. The van der Waals surface area contributed by atoms with E-state index in [1.54, 1.807) is 13.8 Å². The van der Waals surface area contributed by atoms with Crippen molar-refractivity contribution in [3.05, 3.63) is 0 Å². The Hall–Kier alpha value is -0.463. The van der Waals surface area contributed by atoms with Gasteiger partial charge in [0, 0.05) is 11.3 Å². The van der Waals surface area contributed by atoms with Crippen LogP contribution in [-0.2, 0) is 9.53 Å². The Bertz CT molecular complexity index is 411. The van der Waals surface area contributed by atoms with Crippen LogP contribution >= 0.6 is 21.6 Å². The van der Waals surface area contributed by atoms with Gasteiger partial charge in [-0.15, -0.1) is 0 Å². The molecule has 1 N–H and O–H groups in total. The molecule has 0 aliphatic rings. The smallest absolute Gasteiger partial charge is 0.435 e. The number of carbonyl (C=O) groups is 1. The van der Waals surface area contributed by atoms with E-state index in [9.17, 15) is 18.0 Å². The molecule has 0 fully saturated rings. The van der Waals surface area contributed by atoms with E-state index in [0.717, 1.165) is 0 Å². The maximum absolute atomic E-state index is 12.1. The van der Waals surface area contributed by atoms with E-state index >= 15 is 0 Å². The third-order valence-corrected chi connectivity index (χ3v) is 5.60. The molecule has 0 aliphatic carbocycles. The van der Waals surface area contributed by atoms with Gasteiger partial charge < -0.3 is 10.1 Å². The van der Waals surface area contributed by atoms with Gasteiger partial charge in [0.25, 0.3) is 0 Å². The van der Waals surface area contributed by atoms with Gasteiger partial charge in [-0.05, 0) is 13.8 Å². The minimum absolute atomic E-state index is 0.0798. The zero-order valence-electron chi connectivity index (χ0n) is 12.7. The fraction of sp³-hybridized carbons (Fsp3) is 0.750. The molecule has 0 aliphatic heterocycles. The molecule has 0 aromatic heterocycles. The Morgan fingerprint density at radius 1 is 1.29 bits per heavy atom.